The van der Waals surface area contributed by atoms with E-state index in [9.17, 15) is 18.0 Å². The summed E-state index contributed by atoms with van der Waals surface area (Å²) in [5.74, 6) is -0.469. The second-order valence-electron chi connectivity index (χ2n) is 5.40. The van der Waals surface area contributed by atoms with Gasteiger partial charge in [0.2, 0.25) is 5.76 Å². The Labute approximate surface area is 154 Å². The Morgan fingerprint density at radius 1 is 1.35 bits per heavy atom. The molecule has 5 nitrogen and oxygen atoms in total. The fourth-order valence-corrected chi connectivity index (χ4v) is 3.17. The number of carbonyl (C=O) groups is 1. The smallest absolute Gasteiger partial charge is 0.351 e. The standard InChI is InChI=1S/C16H11ClF3N3O2S/c1-8-4-13(25-23-8)14(24)22-15-21-7-11(26-15)6-9-5-10(16(18,19)20)2-3-12(9)17/h2-5,7H,6H2,1H3,(H,21,22,24). The summed E-state index contributed by atoms with van der Waals surface area (Å²) in [5, 5.41) is 6.69. The number of carbonyl (C=O) groups excluding carboxylic acids is 1. The van der Waals surface area contributed by atoms with Crippen LogP contribution in [0.25, 0.3) is 0 Å². The molecule has 0 aliphatic heterocycles. The van der Waals surface area contributed by atoms with Crippen LogP contribution < -0.4 is 5.32 Å². The fourth-order valence-electron chi connectivity index (χ4n) is 2.15. The van der Waals surface area contributed by atoms with E-state index in [4.69, 9.17) is 16.1 Å². The van der Waals surface area contributed by atoms with E-state index in [1.54, 1.807) is 6.92 Å². The molecule has 136 valence electrons. The number of amides is 1. The van der Waals surface area contributed by atoms with Crippen LogP contribution in [-0.4, -0.2) is 16.0 Å². The lowest BCUT2D eigenvalue weighted by Gasteiger charge is -2.09. The van der Waals surface area contributed by atoms with Gasteiger partial charge in [0, 0.05) is 28.6 Å². The maximum Gasteiger partial charge on any atom is 0.416 e. The highest BCUT2D eigenvalue weighted by molar-refractivity contribution is 7.15. The molecule has 2 aromatic heterocycles. The van der Waals surface area contributed by atoms with Crippen molar-refractivity contribution in [1.29, 1.82) is 0 Å². The van der Waals surface area contributed by atoms with Gasteiger partial charge in [-0.05, 0) is 30.7 Å². The Balaban J connectivity index is 1.73. The summed E-state index contributed by atoms with van der Waals surface area (Å²) < 4.78 is 43.4. The lowest BCUT2D eigenvalue weighted by atomic mass is 10.1. The zero-order valence-electron chi connectivity index (χ0n) is 13.2. The number of hydrogen-bond acceptors (Lipinski definition) is 5. The number of aromatic nitrogens is 2. The van der Waals surface area contributed by atoms with Crippen LogP contribution in [0.3, 0.4) is 0 Å². The highest BCUT2D eigenvalue weighted by Crippen LogP contribution is 2.33. The minimum atomic E-state index is -4.44. The highest BCUT2D eigenvalue weighted by atomic mass is 35.5. The zero-order valence-corrected chi connectivity index (χ0v) is 14.8. The summed E-state index contributed by atoms with van der Waals surface area (Å²) in [4.78, 5) is 16.7. The van der Waals surface area contributed by atoms with E-state index in [-0.39, 0.29) is 17.2 Å². The Kier molecular flexibility index (Phi) is 5.01. The van der Waals surface area contributed by atoms with Crippen molar-refractivity contribution in [3.05, 3.63) is 62.9 Å². The number of anilines is 1. The van der Waals surface area contributed by atoms with Crippen molar-refractivity contribution in [2.24, 2.45) is 0 Å². The van der Waals surface area contributed by atoms with Gasteiger partial charge in [0.25, 0.3) is 5.91 Å². The van der Waals surface area contributed by atoms with Crippen molar-refractivity contribution in [1.82, 2.24) is 10.1 Å². The molecule has 1 N–H and O–H groups in total. The third kappa shape index (κ3) is 4.23. The summed E-state index contributed by atoms with van der Waals surface area (Å²) in [7, 11) is 0. The molecular formula is C16H11ClF3N3O2S. The molecule has 0 bridgehead atoms. The fraction of sp³-hybridized carbons (Fsp3) is 0.188. The van der Waals surface area contributed by atoms with Crippen molar-refractivity contribution in [3.63, 3.8) is 0 Å². The van der Waals surface area contributed by atoms with Gasteiger partial charge in [0.1, 0.15) is 0 Å². The van der Waals surface area contributed by atoms with Gasteiger partial charge in [-0.25, -0.2) is 4.98 Å². The van der Waals surface area contributed by atoms with E-state index in [0.717, 1.165) is 23.5 Å². The number of nitrogens with zero attached hydrogens (tertiary/aromatic N) is 2. The van der Waals surface area contributed by atoms with Gasteiger partial charge in [0.15, 0.2) is 5.13 Å². The molecule has 0 aliphatic rings. The van der Waals surface area contributed by atoms with Crippen LogP contribution in [0.1, 0.15) is 32.3 Å². The lowest BCUT2D eigenvalue weighted by Crippen LogP contribution is -2.10. The van der Waals surface area contributed by atoms with Gasteiger partial charge in [0.05, 0.1) is 11.3 Å². The maximum absolute atomic E-state index is 12.8. The van der Waals surface area contributed by atoms with Crippen LogP contribution in [-0.2, 0) is 12.6 Å². The molecule has 0 atom stereocenters. The molecule has 0 radical (unpaired) electrons. The number of nitrogens with one attached hydrogen (secondary N) is 1. The molecule has 0 saturated carbocycles. The number of aryl methyl sites for hydroxylation is 1. The third-order valence-electron chi connectivity index (χ3n) is 3.36. The molecule has 0 unspecified atom stereocenters. The van der Waals surface area contributed by atoms with Gasteiger partial charge in [-0.2, -0.15) is 13.2 Å². The first-order valence-corrected chi connectivity index (χ1v) is 8.47. The SMILES string of the molecule is Cc1cc(C(=O)Nc2ncc(Cc3cc(C(F)(F)F)ccc3Cl)s2)on1. The minimum Gasteiger partial charge on any atom is -0.351 e. The summed E-state index contributed by atoms with van der Waals surface area (Å²) in [6, 6.07) is 4.64. The van der Waals surface area contributed by atoms with Gasteiger partial charge >= 0.3 is 6.18 Å². The van der Waals surface area contributed by atoms with E-state index in [2.05, 4.69) is 15.5 Å². The van der Waals surface area contributed by atoms with Crippen molar-refractivity contribution in [2.45, 2.75) is 19.5 Å². The minimum absolute atomic E-state index is 0.0418. The maximum atomic E-state index is 12.8. The molecule has 0 aliphatic carbocycles. The molecule has 3 rings (SSSR count). The summed E-state index contributed by atoms with van der Waals surface area (Å²) in [5.41, 5.74) is 0.124. The van der Waals surface area contributed by atoms with Crippen molar-refractivity contribution >= 4 is 34.0 Å². The van der Waals surface area contributed by atoms with Crippen molar-refractivity contribution in [3.8, 4) is 0 Å². The van der Waals surface area contributed by atoms with Crippen LogP contribution >= 0.6 is 22.9 Å². The monoisotopic (exact) mass is 401 g/mol. The van der Waals surface area contributed by atoms with Crippen molar-refractivity contribution in [2.75, 3.05) is 5.32 Å². The van der Waals surface area contributed by atoms with Crippen LogP contribution in [0, 0.1) is 6.92 Å². The van der Waals surface area contributed by atoms with E-state index in [1.165, 1.54) is 18.3 Å². The molecule has 10 heteroatoms. The first-order chi connectivity index (χ1) is 12.2. The van der Waals surface area contributed by atoms with Gasteiger partial charge in [-0.3, -0.25) is 10.1 Å². The first-order valence-electron chi connectivity index (χ1n) is 7.27. The predicted octanol–water partition coefficient (Wildman–Crippen LogP) is 4.95. The number of rotatable bonds is 4. The second-order valence-corrected chi connectivity index (χ2v) is 6.92. The van der Waals surface area contributed by atoms with Gasteiger partial charge < -0.3 is 4.52 Å². The Hall–Kier alpha value is -2.39. The largest absolute Gasteiger partial charge is 0.416 e. The van der Waals surface area contributed by atoms with E-state index in [1.807, 2.05) is 0 Å². The molecule has 0 fully saturated rings. The van der Waals surface area contributed by atoms with E-state index in [0.29, 0.717) is 21.3 Å². The lowest BCUT2D eigenvalue weighted by molar-refractivity contribution is -0.137. The summed E-state index contributed by atoms with van der Waals surface area (Å²) in [6.07, 6.45) is -2.80. The summed E-state index contributed by atoms with van der Waals surface area (Å²) in [6.45, 7) is 1.68. The molecule has 1 amide bonds. The van der Waals surface area contributed by atoms with Gasteiger partial charge in [-0.15, -0.1) is 11.3 Å². The zero-order chi connectivity index (χ0) is 18.9. The molecule has 26 heavy (non-hydrogen) atoms. The molecular weight excluding hydrogens is 391 g/mol. The summed E-state index contributed by atoms with van der Waals surface area (Å²) >= 11 is 7.13. The number of thiazole rings is 1. The Morgan fingerprint density at radius 2 is 2.12 bits per heavy atom. The van der Waals surface area contributed by atoms with Crippen LogP contribution in [0.2, 0.25) is 5.02 Å². The molecule has 3 aromatic rings. The number of halogens is 4. The second kappa shape index (κ2) is 7.08. The number of alkyl halides is 3. The van der Waals surface area contributed by atoms with Gasteiger partial charge in [-0.1, -0.05) is 16.8 Å². The molecule has 2 heterocycles. The molecule has 1 aromatic carbocycles. The average Bonchev–Trinajstić information content (AvgIpc) is 3.17. The van der Waals surface area contributed by atoms with Crippen LogP contribution in [0.5, 0.6) is 0 Å². The Morgan fingerprint density at radius 3 is 2.77 bits per heavy atom. The van der Waals surface area contributed by atoms with Crippen LogP contribution in [0.4, 0.5) is 18.3 Å². The van der Waals surface area contributed by atoms with E-state index >= 15 is 0 Å². The normalized spacial score (nSPS) is 11.6. The van der Waals surface area contributed by atoms with Crippen LogP contribution in [0.15, 0.2) is 35.0 Å². The average molecular weight is 402 g/mol. The molecule has 0 saturated heterocycles. The number of hydrogen-bond donors (Lipinski definition) is 1. The Bertz CT molecular complexity index is 952. The first kappa shape index (κ1) is 18.4. The topological polar surface area (TPSA) is 68.0 Å². The van der Waals surface area contributed by atoms with E-state index < -0.39 is 17.6 Å². The highest BCUT2D eigenvalue weighted by Gasteiger charge is 2.31. The number of benzene rings is 1. The predicted molar refractivity (Wildman–Crippen MR) is 90.6 cm³/mol. The third-order valence-corrected chi connectivity index (χ3v) is 4.64. The van der Waals surface area contributed by atoms with Crippen molar-refractivity contribution < 1.29 is 22.5 Å². The quantitative estimate of drug-likeness (QED) is 0.671. The molecule has 0 spiro atoms.